The summed E-state index contributed by atoms with van der Waals surface area (Å²) in [5.41, 5.74) is 3.14. The second-order valence-corrected chi connectivity index (χ2v) is 6.03. The van der Waals surface area contributed by atoms with Crippen molar-refractivity contribution >= 4 is 17.2 Å². The molecule has 3 heterocycles. The molecule has 0 radical (unpaired) electrons. The van der Waals surface area contributed by atoms with Crippen molar-refractivity contribution in [3.63, 3.8) is 0 Å². The van der Waals surface area contributed by atoms with Crippen molar-refractivity contribution in [1.82, 2.24) is 25.1 Å². The van der Waals surface area contributed by atoms with Crippen LogP contribution in [0, 0.1) is 6.92 Å². The van der Waals surface area contributed by atoms with Gasteiger partial charge in [0.1, 0.15) is 19.2 Å². The van der Waals surface area contributed by atoms with Gasteiger partial charge in [-0.1, -0.05) is 6.07 Å². The van der Waals surface area contributed by atoms with Gasteiger partial charge < -0.3 is 5.32 Å². The largest absolute Gasteiger partial charge is 0.346 e. The lowest BCUT2D eigenvalue weighted by molar-refractivity contribution is -0.122. The summed E-state index contributed by atoms with van der Waals surface area (Å²) < 4.78 is 1.50. The number of thiophene rings is 1. The summed E-state index contributed by atoms with van der Waals surface area (Å²) in [7, 11) is 0. The molecule has 0 aliphatic rings. The highest BCUT2D eigenvalue weighted by Gasteiger charge is 2.19. The Morgan fingerprint density at radius 1 is 1.43 bits per heavy atom. The molecular formula is C16H17N5OS. The number of nitrogens with zero attached hydrogens (tertiary/aromatic N) is 4. The van der Waals surface area contributed by atoms with Crippen LogP contribution in [0.25, 0.3) is 0 Å². The Bertz CT molecular complexity index is 755. The van der Waals surface area contributed by atoms with Gasteiger partial charge in [-0.05, 0) is 47.4 Å². The molecule has 0 aliphatic heterocycles. The Hall–Kier alpha value is -2.54. The van der Waals surface area contributed by atoms with Crippen LogP contribution < -0.4 is 5.32 Å². The fraction of sp³-hybridized carbons (Fsp3) is 0.250. The molecule has 3 aromatic heterocycles. The van der Waals surface area contributed by atoms with Crippen LogP contribution in [0.5, 0.6) is 0 Å². The monoisotopic (exact) mass is 327 g/mol. The number of aromatic nitrogens is 4. The third-order valence-electron chi connectivity index (χ3n) is 3.51. The first-order valence-corrected chi connectivity index (χ1v) is 8.21. The van der Waals surface area contributed by atoms with Crippen LogP contribution >= 0.6 is 11.3 Å². The van der Waals surface area contributed by atoms with E-state index in [1.807, 2.05) is 24.4 Å². The van der Waals surface area contributed by atoms with Gasteiger partial charge in [0.25, 0.3) is 0 Å². The SMILES string of the molecule is Cc1cccnc1[C@H](Cc1ccsc1)NC(=O)Cn1cncn1. The fourth-order valence-corrected chi connectivity index (χ4v) is 3.11. The van der Waals surface area contributed by atoms with Gasteiger partial charge in [0.05, 0.1) is 11.7 Å². The zero-order valence-electron chi connectivity index (χ0n) is 12.7. The summed E-state index contributed by atoms with van der Waals surface area (Å²) in [6.45, 7) is 2.15. The van der Waals surface area contributed by atoms with Crippen LogP contribution in [-0.2, 0) is 17.8 Å². The first-order valence-electron chi connectivity index (χ1n) is 7.27. The number of carbonyl (C=O) groups is 1. The number of carbonyl (C=O) groups excluding carboxylic acids is 1. The molecule has 1 amide bonds. The van der Waals surface area contributed by atoms with Gasteiger partial charge in [-0.2, -0.15) is 16.4 Å². The Morgan fingerprint density at radius 3 is 3.04 bits per heavy atom. The molecule has 0 fully saturated rings. The van der Waals surface area contributed by atoms with Crippen molar-refractivity contribution in [1.29, 1.82) is 0 Å². The molecule has 0 unspecified atom stereocenters. The molecule has 0 aliphatic carbocycles. The number of rotatable bonds is 6. The molecule has 1 atom stereocenters. The number of pyridine rings is 1. The maximum atomic E-state index is 12.3. The van der Waals surface area contributed by atoms with Crippen LogP contribution in [0.2, 0.25) is 0 Å². The van der Waals surface area contributed by atoms with Crippen molar-refractivity contribution in [2.45, 2.75) is 25.9 Å². The van der Waals surface area contributed by atoms with Gasteiger partial charge >= 0.3 is 0 Å². The molecule has 0 aromatic carbocycles. The molecule has 0 bridgehead atoms. The van der Waals surface area contributed by atoms with Gasteiger partial charge in [-0.15, -0.1) is 0 Å². The first-order chi connectivity index (χ1) is 11.2. The van der Waals surface area contributed by atoms with Crippen molar-refractivity contribution in [2.24, 2.45) is 0 Å². The predicted molar refractivity (Wildman–Crippen MR) is 87.9 cm³/mol. The summed E-state index contributed by atoms with van der Waals surface area (Å²) in [6, 6.07) is 5.81. The van der Waals surface area contributed by atoms with Crippen molar-refractivity contribution in [3.05, 3.63) is 64.6 Å². The number of hydrogen-bond acceptors (Lipinski definition) is 5. The molecule has 0 saturated heterocycles. The Balaban J connectivity index is 1.77. The highest BCUT2D eigenvalue weighted by Crippen LogP contribution is 2.21. The van der Waals surface area contributed by atoms with E-state index in [9.17, 15) is 4.79 Å². The van der Waals surface area contributed by atoms with E-state index in [-0.39, 0.29) is 18.5 Å². The van der Waals surface area contributed by atoms with Gasteiger partial charge in [-0.3, -0.25) is 9.78 Å². The molecule has 118 valence electrons. The van der Waals surface area contributed by atoms with Crippen molar-refractivity contribution in [2.75, 3.05) is 0 Å². The summed E-state index contributed by atoms with van der Waals surface area (Å²) >= 11 is 1.65. The third-order valence-corrected chi connectivity index (χ3v) is 4.24. The van der Waals surface area contributed by atoms with E-state index in [2.05, 4.69) is 31.8 Å². The zero-order valence-corrected chi connectivity index (χ0v) is 13.5. The molecule has 3 aromatic rings. The number of amides is 1. The average Bonchev–Trinajstić information content (AvgIpc) is 3.21. The molecule has 6 nitrogen and oxygen atoms in total. The second kappa shape index (κ2) is 7.15. The van der Waals surface area contributed by atoms with E-state index < -0.39 is 0 Å². The Kier molecular flexibility index (Phi) is 4.77. The minimum atomic E-state index is -0.165. The lowest BCUT2D eigenvalue weighted by Gasteiger charge is -2.19. The molecule has 0 spiro atoms. The summed E-state index contributed by atoms with van der Waals surface area (Å²) in [6.07, 6.45) is 5.41. The topological polar surface area (TPSA) is 72.7 Å². The smallest absolute Gasteiger partial charge is 0.242 e. The highest BCUT2D eigenvalue weighted by atomic mass is 32.1. The maximum Gasteiger partial charge on any atom is 0.242 e. The summed E-state index contributed by atoms with van der Waals surface area (Å²) in [5, 5.41) is 11.2. The van der Waals surface area contributed by atoms with E-state index in [1.54, 1.807) is 17.5 Å². The number of aryl methyl sites for hydroxylation is 1. The zero-order chi connectivity index (χ0) is 16.1. The highest BCUT2D eigenvalue weighted by molar-refractivity contribution is 7.07. The Morgan fingerprint density at radius 2 is 2.35 bits per heavy atom. The quantitative estimate of drug-likeness (QED) is 0.753. The first kappa shape index (κ1) is 15.4. The maximum absolute atomic E-state index is 12.3. The lowest BCUT2D eigenvalue weighted by atomic mass is 10.0. The van der Waals surface area contributed by atoms with Gasteiger partial charge in [-0.25, -0.2) is 9.67 Å². The minimum Gasteiger partial charge on any atom is -0.346 e. The van der Waals surface area contributed by atoms with Gasteiger partial charge in [0.15, 0.2) is 0 Å². The standard InChI is InChI=1S/C16H17N5OS/c1-12-3-2-5-18-16(12)14(7-13-4-6-23-9-13)20-15(22)8-21-11-17-10-19-21/h2-6,9-11,14H,7-8H2,1H3,(H,20,22)/t14-/m0/s1. The van der Waals surface area contributed by atoms with Gasteiger partial charge in [0.2, 0.25) is 5.91 Å². The van der Waals surface area contributed by atoms with E-state index in [0.29, 0.717) is 6.42 Å². The van der Waals surface area contributed by atoms with E-state index >= 15 is 0 Å². The van der Waals surface area contributed by atoms with E-state index in [0.717, 1.165) is 11.3 Å². The predicted octanol–water partition coefficient (Wildman–Crippen LogP) is 2.14. The lowest BCUT2D eigenvalue weighted by Crippen LogP contribution is -2.33. The molecule has 23 heavy (non-hydrogen) atoms. The minimum absolute atomic E-state index is 0.110. The number of hydrogen-bond donors (Lipinski definition) is 1. The van der Waals surface area contributed by atoms with Crippen molar-refractivity contribution in [3.8, 4) is 0 Å². The van der Waals surface area contributed by atoms with Crippen LogP contribution in [0.1, 0.15) is 22.9 Å². The van der Waals surface area contributed by atoms with Gasteiger partial charge in [0, 0.05) is 6.20 Å². The summed E-state index contributed by atoms with van der Waals surface area (Å²) in [4.78, 5) is 20.6. The average molecular weight is 327 g/mol. The van der Waals surface area contributed by atoms with Crippen LogP contribution in [0.4, 0.5) is 0 Å². The number of nitrogens with one attached hydrogen (secondary N) is 1. The molecule has 7 heteroatoms. The fourth-order valence-electron chi connectivity index (χ4n) is 2.42. The van der Waals surface area contributed by atoms with Crippen LogP contribution in [-0.4, -0.2) is 25.7 Å². The summed E-state index contributed by atoms with van der Waals surface area (Å²) in [5.74, 6) is -0.110. The third kappa shape index (κ3) is 4.01. The van der Waals surface area contributed by atoms with Crippen LogP contribution in [0.15, 0.2) is 47.8 Å². The van der Waals surface area contributed by atoms with Crippen molar-refractivity contribution < 1.29 is 4.79 Å². The van der Waals surface area contributed by atoms with E-state index in [1.165, 1.54) is 22.9 Å². The van der Waals surface area contributed by atoms with E-state index in [4.69, 9.17) is 0 Å². The molecular weight excluding hydrogens is 310 g/mol. The molecule has 3 rings (SSSR count). The molecule has 0 saturated carbocycles. The molecule has 1 N–H and O–H groups in total. The van der Waals surface area contributed by atoms with Crippen LogP contribution in [0.3, 0.4) is 0 Å². The second-order valence-electron chi connectivity index (χ2n) is 5.25. The Labute approximate surface area is 138 Å². The normalized spacial score (nSPS) is 12.0.